The standard InChI is InChI=1S/C12H23BO4/c1-3-10-5-4-9(6-7-13(16)17)8-12(10,2)11(14)15/h9-10,16-17H,3-8H2,1-2H3,(H,14,15)/t9-,10+,12-/m0/s1. The Labute approximate surface area is 103 Å². The first-order valence-corrected chi connectivity index (χ1v) is 6.49. The molecule has 0 radical (unpaired) electrons. The third-order valence-corrected chi connectivity index (χ3v) is 4.35. The first-order valence-electron chi connectivity index (χ1n) is 6.49. The third-order valence-electron chi connectivity index (χ3n) is 4.35. The van der Waals surface area contributed by atoms with Gasteiger partial charge in [-0.2, -0.15) is 0 Å². The summed E-state index contributed by atoms with van der Waals surface area (Å²) >= 11 is 0. The van der Waals surface area contributed by atoms with E-state index in [0.717, 1.165) is 19.3 Å². The maximum atomic E-state index is 11.4. The lowest BCUT2D eigenvalue weighted by atomic mass is 9.61. The molecule has 17 heavy (non-hydrogen) atoms. The van der Waals surface area contributed by atoms with Gasteiger partial charge in [0.05, 0.1) is 5.41 Å². The van der Waals surface area contributed by atoms with Gasteiger partial charge < -0.3 is 15.2 Å². The van der Waals surface area contributed by atoms with E-state index in [9.17, 15) is 9.90 Å². The molecule has 0 amide bonds. The van der Waals surface area contributed by atoms with Crippen LogP contribution in [0.25, 0.3) is 0 Å². The van der Waals surface area contributed by atoms with Crippen molar-refractivity contribution in [1.29, 1.82) is 0 Å². The zero-order valence-corrected chi connectivity index (χ0v) is 10.7. The fourth-order valence-corrected chi connectivity index (χ4v) is 3.17. The van der Waals surface area contributed by atoms with Gasteiger partial charge in [-0.3, -0.25) is 4.79 Å². The molecule has 1 rings (SSSR count). The number of carboxylic acids is 1. The van der Waals surface area contributed by atoms with Gasteiger partial charge in [-0.25, -0.2) is 0 Å². The molecule has 1 aliphatic rings. The molecule has 4 nitrogen and oxygen atoms in total. The molecule has 1 aliphatic carbocycles. The minimum Gasteiger partial charge on any atom is -0.481 e. The lowest BCUT2D eigenvalue weighted by Crippen LogP contribution is -2.41. The van der Waals surface area contributed by atoms with Crippen LogP contribution in [0.5, 0.6) is 0 Å². The summed E-state index contributed by atoms with van der Waals surface area (Å²) in [6.07, 6.45) is 4.55. The Hall–Kier alpha value is -0.545. The van der Waals surface area contributed by atoms with Gasteiger partial charge >= 0.3 is 13.1 Å². The topological polar surface area (TPSA) is 77.8 Å². The molecule has 0 aliphatic heterocycles. The molecule has 1 fully saturated rings. The zero-order valence-electron chi connectivity index (χ0n) is 10.7. The van der Waals surface area contributed by atoms with Crippen molar-refractivity contribution in [2.24, 2.45) is 17.3 Å². The molecular weight excluding hydrogens is 219 g/mol. The predicted octanol–water partition coefficient (Wildman–Crippen LogP) is 1.77. The smallest absolute Gasteiger partial charge is 0.451 e. The van der Waals surface area contributed by atoms with E-state index in [2.05, 4.69) is 0 Å². The molecule has 0 aromatic heterocycles. The van der Waals surface area contributed by atoms with Crippen molar-refractivity contribution in [3.63, 3.8) is 0 Å². The lowest BCUT2D eigenvalue weighted by molar-refractivity contribution is -0.155. The van der Waals surface area contributed by atoms with Crippen LogP contribution in [0, 0.1) is 17.3 Å². The van der Waals surface area contributed by atoms with E-state index >= 15 is 0 Å². The Balaban J connectivity index is 2.63. The molecule has 3 atom stereocenters. The highest BCUT2D eigenvalue weighted by Gasteiger charge is 2.45. The highest BCUT2D eigenvalue weighted by molar-refractivity contribution is 6.40. The van der Waals surface area contributed by atoms with Crippen molar-refractivity contribution >= 4 is 13.1 Å². The van der Waals surface area contributed by atoms with Crippen LogP contribution in [-0.4, -0.2) is 28.2 Å². The van der Waals surface area contributed by atoms with E-state index in [-0.39, 0.29) is 5.92 Å². The first-order chi connectivity index (χ1) is 7.90. The summed E-state index contributed by atoms with van der Waals surface area (Å²) in [4.78, 5) is 11.4. The van der Waals surface area contributed by atoms with Gasteiger partial charge in [0, 0.05) is 0 Å². The number of carboxylic acid groups (broad SMARTS) is 1. The summed E-state index contributed by atoms with van der Waals surface area (Å²) < 4.78 is 0. The molecule has 0 aromatic carbocycles. The SMILES string of the molecule is CC[C@@H]1CC[C@@H](CCB(O)O)C[C@]1(C)C(=O)O. The Morgan fingerprint density at radius 2 is 2.06 bits per heavy atom. The molecular formula is C12H23BO4. The number of aliphatic carboxylic acids is 1. The largest absolute Gasteiger partial charge is 0.481 e. The van der Waals surface area contributed by atoms with Crippen molar-refractivity contribution < 1.29 is 19.9 Å². The summed E-state index contributed by atoms with van der Waals surface area (Å²) in [6, 6.07) is 0. The second kappa shape index (κ2) is 5.87. The average molecular weight is 242 g/mol. The second-order valence-electron chi connectivity index (χ2n) is 5.53. The van der Waals surface area contributed by atoms with Gasteiger partial charge in [-0.1, -0.05) is 26.2 Å². The van der Waals surface area contributed by atoms with Gasteiger partial charge in [-0.15, -0.1) is 0 Å². The quantitative estimate of drug-likeness (QED) is 0.642. The van der Waals surface area contributed by atoms with E-state index in [1.54, 1.807) is 0 Å². The van der Waals surface area contributed by atoms with E-state index in [0.29, 0.717) is 25.1 Å². The van der Waals surface area contributed by atoms with Crippen molar-refractivity contribution in [3.8, 4) is 0 Å². The Morgan fingerprint density at radius 1 is 1.41 bits per heavy atom. The van der Waals surface area contributed by atoms with Gasteiger partial charge in [0.25, 0.3) is 0 Å². The van der Waals surface area contributed by atoms with Crippen LogP contribution in [0.1, 0.15) is 46.0 Å². The zero-order chi connectivity index (χ0) is 13.1. The van der Waals surface area contributed by atoms with Crippen molar-refractivity contribution in [2.75, 3.05) is 0 Å². The van der Waals surface area contributed by atoms with Crippen molar-refractivity contribution in [1.82, 2.24) is 0 Å². The van der Waals surface area contributed by atoms with E-state index < -0.39 is 18.5 Å². The lowest BCUT2D eigenvalue weighted by Gasteiger charge is -2.41. The maximum absolute atomic E-state index is 11.4. The van der Waals surface area contributed by atoms with Gasteiger partial charge in [-0.05, 0) is 37.9 Å². The molecule has 5 heteroatoms. The van der Waals surface area contributed by atoms with Gasteiger partial charge in [0.1, 0.15) is 0 Å². The Morgan fingerprint density at radius 3 is 2.53 bits per heavy atom. The summed E-state index contributed by atoms with van der Waals surface area (Å²) in [5.41, 5.74) is -0.641. The predicted molar refractivity (Wildman–Crippen MR) is 66.5 cm³/mol. The molecule has 0 heterocycles. The van der Waals surface area contributed by atoms with E-state index in [1.165, 1.54) is 0 Å². The van der Waals surface area contributed by atoms with Crippen LogP contribution in [0.15, 0.2) is 0 Å². The second-order valence-corrected chi connectivity index (χ2v) is 5.53. The monoisotopic (exact) mass is 242 g/mol. The number of rotatable bonds is 5. The van der Waals surface area contributed by atoms with E-state index in [4.69, 9.17) is 10.0 Å². The molecule has 0 saturated heterocycles. The van der Waals surface area contributed by atoms with Crippen LogP contribution in [0.2, 0.25) is 6.32 Å². The molecule has 0 bridgehead atoms. The maximum Gasteiger partial charge on any atom is 0.451 e. The van der Waals surface area contributed by atoms with Crippen LogP contribution in [0.4, 0.5) is 0 Å². The van der Waals surface area contributed by atoms with Crippen LogP contribution in [0.3, 0.4) is 0 Å². The highest BCUT2D eigenvalue weighted by Crippen LogP contribution is 2.46. The minimum absolute atomic E-state index is 0.246. The molecule has 98 valence electrons. The van der Waals surface area contributed by atoms with Crippen LogP contribution >= 0.6 is 0 Å². The van der Waals surface area contributed by atoms with Crippen molar-refractivity contribution in [3.05, 3.63) is 0 Å². The Bertz CT molecular complexity index is 269. The highest BCUT2D eigenvalue weighted by atomic mass is 16.4. The van der Waals surface area contributed by atoms with Gasteiger partial charge in [0.15, 0.2) is 0 Å². The Kier molecular flexibility index (Phi) is 5.01. The summed E-state index contributed by atoms with van der Waals surface area (Å²) in [7, 11) is -1.27. The van der Waals surface area contributed by atoms with Crippen LogP contribution < -0.4 is 0 Å². The summed E-state index contributed by atoms with van der Waals surface area (Å²) in [6.45, 7) is 3.88. The number of hydrogen-bond donors (Lipinski definition) is 3. The van der Waals surface area contributed by atoms with Gasteiger partial charge in [0.2, 0.25) is 0 Å². The number of carbonyl (C=O) groups is 1. The normalized spacial score (nSPS) is 33.4. The van der Waals surface area contributed by atoms with Crippen molar-refractivity contribution in [2.45, 2.75) is 52.3 Å². The fraction of sp³-hybridized carbons (Fsp3) is 0.917. The molecule has 0 spiro atoms. The first kappa shape index (κ1) is 14.5. The third kappa shape index (κ3) is 3.46. The number of hydrogen-bond acceptors (Lipinski definition) is 3. The summed E-state index contributed by atoms with van der Waals surface area (Å²) in [5, 5.41) is 27.1. The average Bonchev–Trinajstić information content (AvgIpc) is 2.26. The molecule has 0 aromatic rings. The minimum atomic E-state index is -1.27. The summed E-state index contributed by atoms with van der Waals surface area (Å²) in [5.74, 6) is -0.158. The molecule has 0 unspecified atom stereocenters. The molecule has 3 N–H and O–H groups in total. The fourth-order valence-electron chi connectivity index (χ4n) is 3.17. The van der Waals surface area contributed by atoms with E-state index in [1.807, 2.05) is 13.8 Å². The molecule has 1 saturated carbocycles. The van der Waals surface area contributed by atoms with Crippen LogP contribution in [-0.2, 0) is 4.79 Å².